The summed E-state index contributed by atoms with van der Waals surface area (Å²) in [7, 11) is -3.98. The van der Waals surface area contributed by atoms with Crippen LogP contribution in [-0.4, -0.2) is 49.4 Å². The number of nitrogens with two attached hydrogens (primary N) is 1. The molecule has 1 aliphatic rings. The molecule has 1 amide bonds. The van der Waals surface area contributed by atoms with Gasteiger partial charge in [-0.3, -0.25) is 4.79 Å². The van der Waals surface area contributed by atoms with Gasteiger partial charge in [-0.15, -0.1) is 0 Å². The molecule has 0 aromatic heterocycles. The summed E-state index contributed by atoms with van der Waals surface area (Å²) in [5.41, 5.74) is -1.99. The third-order valence-electron chi connectivity index (χ3n) is 3.44. The maximum absolute atomic E-state index is 12.5. The van der Waals surface area contributed by atoms with Crippen molar-refractivity contribution in [3.05, 3.63) is 29.3 Å². The van der Waals surface area contributed by atoms with E-state index in [1.165, 1.54) is 25.1 Å². The van der Waals surface area contributed by atoms with Crippen molar-refractivity contribution in [2.75, 3.05) is 13.1 Å². The van der Waals surface area contributed by atoms with Gasteiger partial charge in [-0.05, 0) is 24.6 Å². The van der Waals surface area contributed by atoms with E-state index in [2.05, 4.69) is 0 Å². The smallest absolute Gasteiger partial charge is 0.270 e. The molecule has 6 nitrogen and oxygen atoms in total. The van der Waals surface area contributed by atoms with Gasteiger partial charge in [0.2, 0.25) is 10.0 Å². The number of hydrogen-bond acceptors (Lipinski definition) is 4. The first kappa shape index (κ1) is 15.8. The van der Waals surface area contributed by atoms with Crippen molar-refractivity contribution in [2.45, 2.75) is 23.8 Å². The first-order valence-corrected chi connectivity index (χ1v) is 7.53. The van der Waals surface area contributed by atoms with Gasteiger partial charge in [0.1, 0.15) is 0 Å². The molecule has 1 aromatic carbocycles. The van der Waals surface area contributed by atoms with Crippen LogP contribution < -0.4 is 5.14 Å². The Kier molecular flexibility index (Phi) is 3.77. The third-order valence-corrected chi connectivity index (χ3v) is 4.50. The van der Waals surface area contributed by atoms with Crippen LogP contribution in [0.4, 0.5) is 8.78 Å². The van der Waals surface area contributed by atoms with E-state index in [0.29, 0.717) is 0 Å². The third kappa shape index (κ3) is 2.76. The highest BCUT2D eigenvalue weighted by Crippen LogP contribution is 2.30. The second kappa shape index (κ2) is 5.00. The van der Waals surface area contributed by atoms with Gasteiger partial charge in [0.15, 0.2) is 5.60 Å². The molecular formula is C12H14F2N2O4S. The van der Waals surface area contributed by atoms with Gasteiger partial charge >= 0.3 is 0 Å². The number of carbonyl (C=O) groups excluding carboxylic acids is 1. The summed E-state index contributed by atoms with van der Waals surface area (Å²) in [6, 6.07) is 3.98. The summed E-state index contributed by atoms with van der Waals surface area (Å²) in [5.74, 6) is -0.622. The van der Waals surface area contributed by atoms with E-state index in [1.807, 2.05) is 0 Å². The minimum Gasteiger partial charge on any atom is -0.380 e. The highest BCUT2D eigenvalue weighted by Gasteiger charge is 2.51. The van der Waals surface area contributed by atoms with Crippen LogP contribution in [0, 0.1) is 6.92 Å². The molecule has 0 unspecified atom stereocenters. The number of aliphatic hydroxyl groups is 1. The Hall–Kier alpha value is -1.58. The number of benzene rings is 1. The summed E-state index contributed by atoms with van der Waals surface area (Å²) in [6.07, 6.45) is -2.95. The number of amides is 1. The maximum atomic E-state index is 12.5. The van der Waals surface area contributed by atoms with Crippen LogP contribution in [0.15, 0.2) is 23.1 Å². The first-order valence-electron chi connectivity index (χ1n) is 5.98. The first-order chi connectivity index (χ1) is 9.56. The Morgan fingerprint density at radius 3 is 2.48 bits per heavy atom. The number of likely N-dealkylation sites (tertiary alicyclic amines) is 1. The van der Waals surface area contributed by atoms with Crippen molar-refractivity contribution in [2.24, 2.45) is 5.14 Å². The molecule has 1 fully saturated rings. The van der Waals surface area contributed by atoms with Crippen LogP contribution >= 0.6 is 0 Å². The zero-order valence-electron chi connectivity index (χ0n) is 11.1. The number of rotatable bonds is 3. The van der Waals surface area contributed by atoms with Gasteiger partial charge in [-0.1, -0.05) is 6.07 Å². The molecule has 0 bridgehead atoms. The Morgan fingerprint density at radius 1 is 1.43 bits per heavy atom. The molecule has 1 heterocycles. The van der Waals surface area contributed by atoms with Crippen molar-refractivity contribution < 1.29 is 27.1 Å². The molecule has 1 aliphatic heterocycles. The normalized spacial score (nSPS) is 17.7. The van der Waals surface area contributed by atoms with Gasteiger partial charge in [-0.2, -0.15) is 0 Å². The van der Waals surface area contributed by atoms with Crippen molar-refractivity contribution in [3.63, 3.8) is 0 Å². The number of carbonyl (C=O) groups is 1. The minimum absolute atomic E-state index is 0.0536. The summed E-state index contributed by atoms with van der Waals surface area (Å²) in [4.78, 5) is 13.0. The van der Waals surface area contributed by atoms with Crippen molar-refractivity contribution in [1.82, 2.24) is 4.90 Å². The maximum Gasteiger partial charge on any atom is 0.270 e. The number of alkyl halides is 2. The Labute approximate surface area is 120 Å². The minimum atomic E-state index is -3.98. The zero-order valence-corrected chi connectivity index (χ0v) is 11.9. The molecule has 1 aromatic rings. The largest absolute Gasteiger partial charge is 0.380 e. The topological polar surface area (TPSA) is 101 Å². The Balaban J connectivity index is 2.27. The highest BCUT2D eigenvalue weighted by molar-refractivity contribution is 7.89. The van der Waals surface area contributed by atoms with E-state index >= 15 is 0 Å². The fourth-order valence-electron chi connectivity index (χ4n) is 2.22. The van der Waals surface area contributed by atoms with E-state index < -0.39 is 41.0 Å². The number of sulfonamides is 1. The summed E-state index contributed by atoms with van der Waals surface area (Å²) in [6.45, 7) is 0.414. The molecule has 1 saturated heterocycles. The lowest BCUT2D eigenvalue weighted by Gasteiger charge is -2.45. The second-order valence-corrected chi connectivity index (χ2v) is 6.57. The Morgan fingerprint density at radius 2 is 2.00 bits per heavy atom. The number of hydrogen-bond donors (Lipinski definition) is 2. The van der Waals surface area contributed by atoms with Crippen molar-refractivity contribution in [1.29, 1.82) is 0 Å². The molecule has 0 saturated carbocycles. The predicted octanol–water partition coefficient (Wildman–Crippen LogP) is 0.0944. The zero-order chi connectivity index (χ0) is 16.0. The number of primary sulfonamides is 1. The second-order valence-electron chi connectivity index (χ2n) is 5.04. The molecule has 0 atom stereocenters. The van der Waals surface area contributed by atoms with Crippen LogP contribution in [0.3, 0.4) is 0 Å². The summed E-state index contributed by atoms with van der Waals surface area (Å²) < 4.78 is 47.8. The van der Waals surface area contributed by atoms with Crippen LogP contribution in [-0.2, 0) is 10.0 Å². The number of halogens is 2. The van der Waals surface area contributed by atoms with Gasteiger partial charge in [0, 0.05) is 5.56 Å². The lowest BCUT2D eigenvalue weighted by Crippen LogP contribution is -2.67. The van der Waals surface area contributed by atoms with Gasteiger partial charge in [0.05, 0.1) is 18.0 Å². The van der Waals surface area contributed by atoms with E-state index in [-0.39, 0.29) is 16.0 Å². The molecule has 3 N–H and O–H groups in total. The van der Waals surface area contributed by atoms with E-state index in [4.69, 9.17) is 5.14 Å². The average Bonchev–Trinajstić information content (AvgIpc) is 2.32. The number of β-amino-alcohol motifs (C(OH)–C–C–N with tert-alkyl or cyclic N) is 1. The molecule has 116 valence electrons. The standard InChI is InChI=1S/C12H14F2N2O4S/c1-7-8(3-2-4-9(7)21(15,19)20)10(17)16-5-12(18,6-16)11(13)14/h2-4,11,18H,5-6H2,1H3,(H2,15,19,20). The van der Waals surface area contributed by atoms with Crippen molar-refractivity contribution >= 4 is 15.9 Å². The molecule has 9 heteroatoms. The quantitative estimate of drug-likeness (QED) is 0.824. The van der Waals surface area contributed by atoms with Crippen LogP contribution in [0.1, 0.15) is 15.9 Å². The van der Waals surface area contributed by atoms with Gasteiger partial charge in [0.25, 0.3) is 12.3 Å². The van der Waals surface area contributed by atoms with E-state index in [0.717, 1.165) is 4.90 Å². The number of nitrogens with zero attached hydrogens (tertiary/aromatic N) is 1. The molecular weight excluding hydrogens is 306 g/mol. The monoisotopic (exact) mass is 320 g/mol. The van der Waals surface area contributed by atoms with Crippen LogP contribution in [0.5, 0.6) is 0 Å². The van der Waals surface area contributed by atoms with E-state index in [9.17, 15) is 27.1 Å². The molecule has 0 aliphatic carbocycles. The Bertz CT molecular complexity index is 684. The highest BCUT2D eigenvalue weighted by atomic mass is 32.2. The van der Waals surface area contributed by atoms with Crippen LogP contribution in [0.25, 0.3) is 0 Å². The van der Waals surface area contributed by atoms with Crippen molar-refractivity contribution in [3.8, 4) is 0 Å². The molecule has 0 spiro atoms. The molecule has 2 rings (SSSR count). The fourth-order valence-corrected chi connectivity index (χ4v) is 3.03. The van der Waals surface area contributed by atoms with E-state index in [1.54, 1.807) is 0 Å². The molecule has 21 heavy (non-hydrogen) atoms. The average molecular weight is 320 g/mol. The van der Waals surface area contributed by atoms with Gasteiger partial charge < -0.3 is 10.0 Å². The van der Waals surface area contributed by atoms with Gasteiger partial charge in [-0.25, -0.2) is 22.3 Å². The predicted molar refractivity (Wildman–Crippen MR) is 69.4 cm³/mol. The van der Waals surface area contributed by atoms with Crippen LogP contribution in [0.2, 0.25) is 0 Å². The SMILES string of the molecule is Cc1c(C(=O)N2CC(O)(C(F)F)C2)cccc1S(N)(=O)=O. The fraction of sp³-hybridized carbons (Fsp3) is 0.417. The molecule has 0 radical (unpaired) electrons. The lowest BCUT2D eigenvalue weighted by atomic mass is 9.93. The summed E-state index contributed by atoms with van der Waals surface area (Å²) in [5, 5.41) is 14.5. The lowest BCUT2D eigenvalue weighted by molar-refractivity contribution is -0.166. The summed E-state index contributed by atoms with van der Waals surface area (Å²) >= 11 is 0.